The van der Waals surface area contributed by atoms with E-state index in [-0.39, 0.29) is 12.5 Å². The third-order valence-electron chi connectivity index (χ3n) is 5.23. The lowest BCUT2D eigenvalue weighted by molar-refractivity contribution is -0.114. The highest BCUT2D eigenvalue weighted by Crippen LogP contribution is 2.28. The number of nitrogens with zero attached hydrogens (tertiary/aromatic N) is 1. The Hall–Kier alpha value is -1.83. The SMILES string of the molecule is CC(=O)Nc1ccc(Cl)cc1OCC(O)CNC1CCN(Cc2ccc(Cl)cc2)CC1. The van der Waals surface area contributed by atoms with Crippen molar-refractivity contribution in [3.05, 3.63) is 58.1 Å². The second-order valence-electron chi connectivity index (χ2n) is 7.87. The topological polar surface area (TPSA) is 73.8 Å². The van der Waals surface area contributed by atoms with Crippen molar-refractivity contribution in [1.82, 2.24) is 10.2 Å². The lowest BCUT2D eigenvalue weighted by Crippen LogP contribution is -2.45. The van der Waals surface area contributed by atoms with Crippen LogP contribution in [0, 0.1) is 0 Å². The molecule has 1 saturated heterocycles. The first-order chi connectivity index (χ1) is 14.9. The van der Waals surface area contributed by atoms with E-state index in [4.69, 9.17) is 27.9 Å². The van der Waals surface area contributed by atoms with Crippen LogP contribution in [0.3, 0.4) is 0 Å². The molecule has 0 spiro atoms. The summed E-state index contributed by atoms with van der Waals surface area (Å²) in [4.78, 5) is 13.8. The van der Waals surface area contributed by atoms with Gasteiger partial charge in [0.2, 0.25) is 5.91 Å². The number of halogens is 2. The van der Waals surface area contributed by atoms with Crippen LogP contribution in [0.5, 0.6) is 5.75 Å². The molecule has 8 heteroatoms. The molecule has 31 heavy (non-hydrogen) atoms. The fraction of sp³-hybridized carbons (Fsp3) is 0.435. The molecule has 2 aromatic carbocycles. The second kappa shape index (κ2) is 11.7. The van der Waals surface area contributed by atoms with Crippen molar-refractivity contribution in [3.63, 3.8) is 0 Å². The molecule has 1 aliphatic rings. The second-order valence-corrected chi connectivity index (χ2v) is 8.74. The van der Waals surface area contributed by atoms with E-state index >= 15 is 0 Å². The Morgan fingerprint density at radius 3 is 2.52 bits per heavy atom. The smallest absolute Gasteiger partial charge is 0.221 e. The first-order valence-corrected chi connectivity index (χ1v) is 11.2. The van der Waals surface area contributed by atoms with E-state index in [2.05, 4.69) is 27.7 Å². The molecule has 1 heterocycles. The summed E-state index contributed by atoms with van der Waals surface area (Å²) in [6, 6.07) is 13.4. The first kappa shape index (κ1) is 23.8. The number of amides is 1. The monoisotopic (exact) mass is 465 g/mol. The van der Waals surface area contributed by atoms with Crippen LogP contribution < -0.4 is 15.4 Å². The zero-order valence-corrected chi connectivity index (χ0v) is 19.1. The number of likely N-dealkylation sites (tertiary alicyclic amines) is 1. The van der Waals surface area contributed by atoms with Crippen LogP contribution in [0.4, 0.5) is 5.69 Å². The van der Waals surface area contributed by atoms with Gasteiger partial charge in [0.1, 0.15) is 18.5 Å². The van der Waals surface area contributed by atoms with Gasteiger partial charge in [-0.25, -0.2) is 0 Å². The number of hydrogen-bond donors (Lipinski definition) is 3. The van der Waals surface area contributed by atoms with Gasteiger partial charge in [-0.15, -0.1) is 0 Å². The number of anilines is 1. The van der Waals surface area contributed by atoms with E-state index in [1.807, 2.05) is 12.1 Å². The molecule has 1 unspecified atom stereocenters. The highest BCUT2D eigenvalue weighted by atomic mass is 35.5. The van der Waals surface area contributed by atoms with Crippen molar-refractivity contribution < 1.29 is 14.6 Å². The van der Waals surface area contributed by atoms with Gasteiger partial charge in [-0.1, -0.05) is 35.3 Å². The first-order valence-electron chi connectivity index (χ1n) is 10.5. The molecule has 0 aromatic heterocycles. The minimum absolute atomic E-state index is 0.106. The van der Waals surface area contributed by atoms with Crippen LogP contribution in [0.2, 0.25) is 10.0 Å². The number of aliphatic hydroxyl groups excluding tert-OH is 1. The van der Waals surface area contributed by atoms with Crippen molar-refractivity contribution in [3.8, 4) is 5.75 Å². The highest BCUT2D eigenvalue weighted by molar-refractivity contribution is 6.31. The summed E-state index contributed by atoms with van der Waals surface area (Å²) >= 11 is 12.0. The average molecular weight is 466 g/mol. The van der Waals surface area contributed by atoms with E-state index in [1.54, 1.807) is 18.2 Å². The molecule has 3 rings (SSSR count). The summed E-state index contributed by atoms with van der Waals surface area (Å²) in [7, 11) is 0. The zero-order valence-electron chi connectivity index (χ0n) is 17.6. The van der Waals surface area contributed by atoms with Crippen molar-refractivity contribution in [2.45, 2.75) is 38.5 Å². The molecule has 0 radical (unpaired) electrons. The average Bonchev–Trinajstić information content (AvgIpc) is 2.74. The van der Waals surface area contributed by atoms with Crippen molar-refractivity contribution in [1.29, 1.82) is 0 Å². The molecule has 6 nitrogen and oxygen atoms in total. The van der Waals surface area contributed by atoms with Crippen molar-refractivity contribution in [2.75, 3.05) is 31.6 Å². The minimum Gasteiger partial charge on any atom is -0.489 e. The molecule has 1 atom stereocenters. The fourth-order valence-corrected chi connectivity index (χ4v) is 3.89. The molecule has 1 aliphatic heterocycles. The van der Waals surface area contributed by atoms with E-state index in [0.29, 0.717) is 29.0 Å². The van der Waals surface area contributed by atoms with Gasteiger partial charge in [0, 0.05) is 42.2 Å². The maximum atomic E-state index is 11.3. The molecule has 1 fully saturated rings. The van der Waals surface area contributed by atoms with Gasteiger partial charge in [-0.05, 0) is 55.8 Å². The normalized spacial score (nSPS) is 16.1. The van der Waals surface area contributed by atoms with Crippen molar-refractivity contribution in [2.24, 2.45) is 0 Å². The number of piperidine rings is 1. The number of ether oxygens (including phenoxy) is 1. The third kappa shape index (κ3) is 7.98. The number of hydrogen-bond acceptors (Lipinski definition) is 5. The number of carbonyl (C=O) groups excluding carboxylic acids is 1. The molecule has 3 N–H and O–H groups in total. The predicted octanol–water partition coefficient (Wildman–Crippen LogP) is 3.95. The number of nitrogens with one attached hydrogen (secondary N) is 2. The number of carbonyl (C=O) groups is 1. The van der Waals surface area contributed by atoms with Gasteiger partial charge in [-0.2, -0.15) is 0 Å². The molecule has 1 amide bonds. The molecule has 168 valence electrons. The van der Waals surface area contributed by atoms with Crippen molar-refractivity contribution >= 4 is 34.8 Å². The third-order valence-corrected chi connectivity index (χ3v) is 5.72. The van der Waals surface area contributed by atoms with E-state index < -0.39 is 6.10 Å². The Bertz CT molecular complexity index is 856. The molecule has 0 bridgehead atoms. The van der Waals surface area contributed by atoms with Crippen LogP contribution >= 0.6 is 23.2 Å². The lowest BCUT2D eigenvalue weighted by atomic mass is 10.0. The van der Waals surface area contributed by atoms with Gasteiger partial charge in [0.15, 0.2) is 0 Å². The van der Waals surface area contributed by atoms with Crippen LogP contribution in [0.1, 0.15) is 25.3 Å². The maximum absolute atomic E-state index is 11.3. The fourth-order valence-electron chi connectivity index (χ4n) is 3.60. The maximum Gasteiger partial charge on any atom is 0.221 e. The van der Waals surface area contributed by atoms with Gasteiger partial charge >= 0.3 is 0 Å². The number of aliphatic hydroxyl groups is 1. The summed E-state index contributed by atoms with van der Waals surface area (Å²) < 4.78 is 5.71. The molecule has 0 saturated carbocycles. The summed E-state index contributed by atoms with van der Waals surface area (Å²) in [5.74, 6) is 0.244. The zero-order chi connectivity index (χ0) is 22.2. The quantitative estimate of drug-likeness (QED) is 0.522. The Labute approximate surface area is 193 Å². The largest absolute Gasteiger partial charge is 0.489 e. The molecular formula is C23H29Cl2N3O3. The Morgan fingerprint density at radius 1 is 1.16 bits per heavy atom. The van der Waals surface area contributed by atoms with Gasteiger partial charge in [-0.3, -0.25) is 9.69 Å². The predicted molar refractivity (Wildman–Crippen MR) is 125 cm³/mol. The summed E-state index contributed by atoms with van der Waals surface area (Å²) in [6.07, 6.45) is 1.39. The molecule has 2 aromatic rings. The summed E-state index contributed by atoms with van der Waals surface area (Å²) in [6.45, 7) is 4.92. The lowest BCUT2D eigenvalue weighted by Gasteiger charge is -2.33. The van der Waals surface area contributed by atoms with Crippen LogP contribution in [0.25, 0.3) is 0 Å². The van der Waals surface area contributed by atoms with Gasteiger partial charge in [0.25, 0.3) is 0 Å². The van der Waals surface area contributed by atoms with Crippen LogP contribution in [-0.4, -0.2) is 54.3 Å². The molecule has 0 aliphatic carbocycles. The summed E-state index contributed by atoms with van der Waals surface area (Å²) in [5.41, 5.74) is 1.80. The highest BCUT2D eigenvalue weighted by Gasteiger charge is 2.20. The Kier molecular flexibility index (Phi) is 8.99. The minimum atomic E-state index is -0.670. The van der Waals surface area contributed by atoms with Gasteiger partial charge in [0.05, 0.1) is 5.69 Å². The number of rotatable bonds is 9. The van der Waals surface area contributed by atoms with E-state index in [1.165, 1.54) is 12.5 Å². The molecular weight excluding hydrogens is 437 g/mol. The van der Waals surface area contributed by atoms with E-state index in [9.17, 15) is 9.90 Å². The Morgan fingerprint density at radius 2 is 1.84 bits per heavy atom. The van der Waals surface area contributed by atoms with E-state index in [0.717, 1.165) is 37.5 Å². The summed E-state index contributed by atoms with van der Waals surface area (Å²) in [5, 5.41) is 17.7. The Balaban J connectivity index is 1.38. The number of benzene rings is 2. The standard InChI is InChI=1S/C23H29Cl2N3O3/c1-16(29)27-22-7-6-19(25)12-23(22)31-15-21(30)13-26-20-8-10-28(11-9-20)14-17-2-4-18(24)5-3-17/h2-7,12,20-21,26,30H,8-11,13-15H2,1H3,(H,27,29). The van der Waals surface area contributed by atoms with Crippen LogP contribution in [-0.2, 0) is 11.3 Å². The van der Waals surface area contributed by atoms with Crippen LogP contribution in [0.15, 0.2) is 42.5 Å². The van der Waals surface area contributed by atoms with Gasteiger partial charge < -0.3 is 20.5 Å².